The van der Waals surface area contributed by atoms with Crippen LogP contribution in [0.1, 0.15) is 55.5 Å². The van der Waals surface area contributed by atoms with Crippen LogP contribution in [0.5, 0.6) is 0 Å². The predicted octanol–water partition coefficient (Wildman–Crippen LogP) is 7.56. The van der Waals surface area contributed by atoms with Gasteiger partial charge in [-0.15, -0.1) is 0 Å². The minimum atomic E-state index is -1.82. The first-order valence-electron chi connectivity index (χ1n) is 13.5. The predicted molar refractivity (Wildman–Crippen MR) is 160 cm³/mol. The molecule has 0 aliphatic heterocycles. The molecule has 204 valence electrons. The molecule has 0 saturated carbocycles. The van der Waals surface area contributed by atoms with Gasteiger partial charge in [0.15, 0.2) is 8.32 Å². The number of ether oxygens (including phenoxy) is 1. The molecule has 0 fully saturated rings. The average Bonchev–Trinajstić information content (AvgIpc) is 3.47. The first-order chi connectivity index (χ1) is 18.0. The van der Waals surface area contributed by atoms with Crippen LogP contribution in [0.2, 0.25) is 23.2 Å². The average molecular weight is 553 g/mol. The molecule has 3 aromatic rings. The number of H-pyrrole nitrogens is 1. The van der Waals surface area contributed by atoms with Gasteiger partial charge in [-0.1, -0.05) is 56.6 Å². The quantitative estimate of drug-likeness (QED) is 0.160. The molecule has 7 heteroatoms. The van der Waals surface area contributed by atoms with Crippen molar-refractivity contribution in [1.29, 1.82) is 0 Å². The number of carbonyl (C=O) groups excluding carboxylic acids is 1. The number of halogens is 1. The number of methoxy groups -OCH3 is 1. The van der Waals surface area contributed by atoms with Crippen molar-refractivity contribution in [2.45, 2.75) is 64.2 Å². The van der Waals surface area contributed by atoms with Crippen LogP contribution in [0, 0.1) is 0 Å². The summed E-state index contributed by atoms with van der Waals surface area (Å²) in [5, 5.41) is 2.18. The Hall–Kier alpha value is -2.38. The zero-order valence-corrected chi connectivity index (χ0v) is 25.3. The van der Waals surface area contributed by atoms with Crippen LogP contribution in [0.15, 0.2) is 48.7 Å². The van der Waals surface area contributed by atoms with Gasteiger partial charge in [-0.3, -0.25) is 4.90 Å². The molecule has 0 spiro atoms. The van der Waals surface area contributed by atoms with Gasteiger partial charge in [-0.05, 0) is 77.9 Å². The third kappa shape index (κ3) is 6.60. The summed E-state index contributed by atoms with van der Waals surface area (Å²) in [6.45, 7) is 14.1. The van der Waals surface area contributed by atoms with Crippen molar-refractivity contribution in [2.24, 2.45) is 0 Å². The number of nitrogens with zero attached hydrogens (tertiary/aromatic N) is 1. The maximum Gasteiger partial charge on any atom is 0.330 e. The summed E-state index contributed by atoms with van der Waals surface area (Å²) in [7, 11) is -0.422. The zero-order valence-electron chi connectivity index (χ0n) is 23.6. The number of nitrogens with one attached hydrogen (secondary N) is 1. The largest absolute Gasteiger partial charge is 0.466 e. The second kappa shape index (κ2) is 11.8. The van der Waals surface area contributed by atoms with Crippen molar-refractivity contribution in [3.8, 4) is 0 Å². The first kappa shape index (κ1) is 28.6. The van der Waals surface area contributed by atoms with Gasteiger partial charge in [-0.25, -0.2) is 4.79 Å². The first-order valence-corrected chi connectivity index (χ1v) is 16.8. The Kier molecular flexibility index (Phi) is 8.88. The standard InChI is InChI=1S/C31H41ClN2O3Si/c1-31(2,3)38(5,6)37-18-17-34(16-15-24-21-33-28-20-25(32)10-12-26(24)28)29-13-9-23-19-22(7-11-27(23)29)8-14-30(35)36-4/h7-8,10-12,14,19-21,29,33H,9,13,15-18H2,1-6H3/b14-8+. The summed E-state index contributed by atoms with van der Waals surface area (Å²) in [4.78, 5) is 17.5. The number of aromatic nitrogens is 1. The molecule has 0 bridgehead atoms. The van der Waals surface area contributed by atoms with Crippen LogP contribution < -0.4 is 0 Å². The van der Waals surface area contributed by atoms with E-state index in [1.54, 1.807) is 0 Å². The van der Waals surface area contributed by atoms with E-state index in [1.807, 2.05) is 18.2 Å². The van der Waals surface area contributed by atoms with Crippen molar-refractivity contribution >= 4 is 42.9 Å². The van der Waals surface area contributed by atoms with Gasteiger partial charge in [0.1, 0.15) is 0 Å². The van der Waals surface area contributed by atoms with Crippen LogP contribution in [0.4, 0.5) is 0 Å². The highest BCUT2D eigenvalue weighted by molar-refractivity contribution is 6.74. The minimum absolute atomic E-state index is 0.192. The summed E-state index contributed by atoms with van der Waals surface area (Å²) in [6.07, 6.45) is 8.50. The van der Waals surface area contributed by atoms with E-state index in [2.05, 4.69) is 74.2 Å². The molecule has 0 radical (unpaired) electrons. The molecular formula is C31H41ClN2O3Si. The fourth-order valence-electron chi connectivity index (χ4n) is 5.02. The number of aromatic amines is 1. The highest BCUT2D eigenvalue weighted by Crippen LogP contribution is 2.38. The smallest absolute Gasteiger partial charge is 0.330 e. The summed E-state index contributed by atoms with van der Waals surface area (Å²) in [5.74, 6) is -0.337. The molecule has 0 saturated heterocycles. The lowest BCUT2D eigenvalue weighted by atomic mass is 10.0. The summed E-state index contributed by atoms with van der Waals surface area (Å²) in [5.41, 5.74) is 6.17. The van der Waals surface area contributed by atoms with E-state index >= 15 is 0 Å². The van der Waals surface area contributed by atoms with Crippen LogP contribution in [0.3, 0.4) is 0 Å². The summed E-state index contributed by atoms with van der Waals surface area (Å²) < 4.78 is 11.3. The molecular weight excluding hydrogens is 512 g/mol. The molecule has 1 heterocycles. The van der Waals surface area contributed by atoms with Crippen molar-refractivity contribution in [2.75, 3.05) is 26.8 Å². The Morgan fingerprint density at radius 3 is 2.71 bits per heavy atom. The van der Waals surface area contributed by atoms with Crippen LogP contribution >= 0.6 is 11.6 Å². The monoisotopic (exact) mass is 552 g/mol. The van der Waals surface area contributed by atoms with Gasteiger partial charge in [0.2, 0.25) is 0 Å². The van der Waals surface area contributed by atoms with E-state index in [0.717, 1.165) is 55.1 Å². The number of fused-ring (bicyclic) bond motifs is 2. The second-order valence-corrected chi connectivity index (χ2v) is 17.0. The fraction of sp³-hybridized carbons (Fsp3) is 0.452. The van der Waals surface area contributed by atoms with E-state index in [0.29, 0.717) is 6.04 Å². The van der Waals surface area contributed by atoms with Gasteiger partial charge in [0.25, 0.3) is 0 Å². The Balaban J connectivity index is 1.53. The van der Waals surface area contributed by atoms with Gasteiger partial charge >= 0.3 is 5.97 Å². The number of carbonyl (C=O) groups is 1. The molecule has 2 aromatic carbocycles. The normalized spacial score (nSPS) is 16.1. The van der Waals surface area contributed by atoms with E-state index < -0.39 is 8.32 Å². The van der Waals surface area contributed by atoms with Crippen molar-refractivity contribution < 1.29 is 14.0 Å². The fourth-order valence-corrected chi connectivity index (χ4v) is 6.22. The number of hydrogen-bond acceptors (Lipinski definition) is 4. The van der Waals surface area contributed by atoms with Gasteiger partial charge in [-0.2, -0.15) is 0 Å². The Bertz CT molecular complexity index is 1310. The van der Waals surface area contributed by atoms with Crippen LogP contribution in [0.25, 0.3) is 17.0 Å². The molecule has 1 N–H and O–H groups in total. The Labute approximate surface area is 233 Å². The Morgan fingerprint density at radius 2 is 1.97 bits per heavy atom. The van der Waals surface area contributed by atoms with Crippen molar-refractivity contribution in [3.63, 3.8) is 0 Å². The number of esters is 1. The third-order valence-corrected chi connectivity index (χ3v) is 13.1. The SMILES string of the molecule is COC(=O)/C=C/c1ccc2c(c1)CCC2N(CCO[Si](C)(C)C(C)(C)C)CCc1c[nH]c2cc(Cl)ccc12. The number of benzene rings is 2. The minimum Gasteiger partial charge on any atom is -0.466 e. The molecule has 38 heavy (non-hydrogen) atoms. The maximum atomic E-state index is 11.5. The topological polar surface area (TPSA) is 54.6 Å². The van der Waals surface area contributed by atoms with E-state index in [9.17, 15) is 4.79 Å². The van der Waals surface area contributed by atoms with Crippen molar-refractivity contribution in [1.82, 2.24) is 9.88 Å². The lowest BCUT2D eigenvalue weighted by molar-refractivity contribution is -0.134. The number of aryl methyl sites for hydroxylation is 1. The molecule has 1 aliphatic carbocycles. The van der Waals surface area contributed by atoms with Crippen molar-refractivity contribution in [3.05, 3.63) is 75.9 Å². The van der Waals surface area contributed by atoms with Gasteiger partial charge in [0, 0.05) is 53.9 Å². The summed E-state index contributed by atoms with van der Waals surface area (Å²) >= 11 is 6.20. The zero-order chi connectivity index (χ0) is 27.5. The Morgan fingerprint density at radius 1 is 1.18 bits per heavy atom. The highest BCUT2D eigenvalue weighted by Gasteiger charge is 2.37. The summed E-state index contributed by atoms with van der Waals surface area (Å²) in [6, 6.07) is 13.0. The highest BCUT2D eigenvalue weighted by atomic mass is 35.5. The molecule has 1 aliphatic rings. The van der Waals surface area contributed by atoms with Gasteiger partial charge < -0.3 is 14.1 Å². The van der Waals surface area contributed by atoms with Crippen LogP contribution in [-0.4, -0.2) is 51.0 Å². The molecule has 1 atom stereocenters. The number of hydrogen-bond donors (Lipinski definition) is 1. The molecule has 5 nitrogen and oxygen atoms in total. The third-order valence-electron chi connectivity index (χ3n) is 8.31. The lowest BCUT2D eigenvalue weighted by Gasteiger charge is -2.37. The molecule has 4 rings (SSSR count). The molecule has 0 amide bonds. The molecule has 1 aromatic heterocycles. The lowest BCUT2D eigenvalue weighted by Crippen LogP contribution is -2.43. The van der Waals surface area contributed by atoms with E-state index in [4.69, 9.17) is 20.8 Å². The molecule has 1 unspecified atom stereocenters. The maximum absolute atomic E-state index is 11.5. The van der Waals surface area contributed by atoms with E-state index in [1.165, 1.54) is 35.3 Å². The second-order valence-electron chi connectivity index (χ2n) is 11.8. The van der Waals surface area contributed by atoms with Gasteiger partial charge in [0.05, 0.1) is 7.11 Å². The van der Waals surface area contributed by atoms with E-state index in [-0.39, 0.29) is 11.0 Å². The van der Waals surface area contributed by atoms with Crippen LogP contribution in [-0.2, 0) is 26.8 Å². The number of rotatable bonds is 10.